The van der Waals surface area contributed by atoms with Gasteiger partial charge in [0, 0.05) is 44.7 Å². The zero-order valence-electron chi connectivity index (χ0n) is 25.6. The van der Waals surface area contributed by atoms with E-state index >= 15 is 0 Å². The van der Waals surface area contributed by atoms with Crippen molar-refractivity contribution in [2.75, 3.05) is 4.90 Å². The molecule has 0 N–H and O–H groups in total. The van der Waals surface area contributed by atoms with Gasteiger partial charge in [-0.25, -0.2) is 4.98 Å². The Morgan fingerprint density at radius 2 is 1.12 bits per heavy atom. The molecule has 0 saturated heterocycles. The van der Waals surface area contributed by atoms with Crippen LogP contribution in [-0.4, -0.2) is 4.98 Å². The first-order valence-electron chi connectivity index (χ1n) is 16.0. The Kier molecular flexibility index (Phi) is 6.01. The van der Waals surface area contributed by atoms with Crippen LogP contribution in [0.1, 0.15) is 0 Å². The van der Waals surface area contributed by atoms with E-state index in [9.17, 15) is 0 Å². The van der Waals surface area contributed by atoms with Crippen LogP contribution >= 0.6 is 11.3 Å². The zero-order chi connectivity index (χ0) is 31.6. The number of rotatable bonds is 5. The molecule has 10 rings (SSSR count). The van der Waals surface area contributed by atoms with E-state index in [1.165, 1.54) is 0 Å². The fourth-order valence-corrected chi connectivity index (χ4v) is 7.88. The summed E-state index contributed by atoms with van der Waals surface area (Å²) in [5, 5.41) is 5.28. The highest BCUT2D eigenvalue weighted by atomic mass is 32.1. The quantitative estimate of drug-likeness (QED) is 0.189. The largest absolute Gasteiger partial charge is 0.456 e. The normalized spacial score (nSPS) is 11.8. The first kappa shape index (κ1) is 27.0. The van der Waals surface area contributed by atoms with Crippen molar-refractivity contribution in [2.45, 2.75) is 0 Å². The molecule has 0 amide bonds. The summed E-state index contributed by atoms with van der Waals surface area (Å²) in [7, 11) is 0. The Morgan fingerprint density at radius 1 is 0.479 bits per heavy atom. The van der Waals surface area contributed by atoms with Crippen molar-refractivity contribution in [3.63, 3.8) is 0 Å². The molecular weight excluding hydrogens is 609 g/mol. The second-order valence-corrected chi connectivity index (χ2v) is 13.0. The van der Waals surface area contributed by atoms with E-state index in [1.54, 1.807) is 11.3 Å². The van der Waals surface area contributed by atoms with E-state index in [0.717, 1.165) is 92.9 Å². The van der Waals surface area contributed by atoms with Gasteiger partial charge in [-0.2, -0.15) is 0 Å². The van der Waals surface area contributed by atoms with Crippen LogP contribution < -0.4 is 4.90 Å². The van der Waals surface area contributed by atoms with Crippen molar-refractivity contribution in [2.24, 2.45) is 0 Å². The molecule has 0 aliphatic heterocycles. The van der Waals surface area contributed by atoms with Gasteiger partial charge < -0.3 is 13.7 Å². The Labute approximate surface area is 279 Å². The predicted molar refractivity (Wildman–Crippen MR) is 200 cm³/mol. The molecule has 3 heterocycles. The number of para-hydroxylation sites is 2. The van der Waals surface area contributed by atoms with Crippen LogP contribution in [0.2, 0.25) is 0 Å². The molecule has 0 aliphatic carbocycles. The van der Waals surface area contributed by atoms with E-state index in [1.807, 2.05) is 18.2 Å². The maximum absolute atomic E-state index is 6.44. The van der Waals surface area contributed by atoms with Crippen LogP contribution in [0.4, 0.5) is 17.1 Å². The fraction of sp³-hybridized carbons (Fsp3) is 0. The maximum Gasteiger partial charge on any atom is 0.137 e. The second-order valence-electron chi connectivity index (χ2n) is 12.0. The lowest BCUT2D eigenvalue weighted by atomic mass is 10.0. The van der Waals surface area contributed by atoms with Crippen LogP contribution in [0.5, 0.6) is 0 Å². The fourth-order valence-electron chi connectivity index (χ4n) is 6.90. The topological polar surface area (TPSA) is 42.4 Å². The third-order valence-corrected chi connectivity index (χ3v) is 10.2. The summed E-state index contributed by atoms with van der Waals surface area (Å²) in [5.74, 6) is 0. The lowest BCUT2D eigenvalue weighted by Gasteiger charge is -2.28. The van der Waals surface area contributed by atoms with Gasteiger partial charge in [-0.1, -0.05) is 97.1 Å². The van der Waals surface area contributed by atoms with E-state index in [-0.39, 0.29) is 0 Å². The molecule has 5 heteroatoms. The summed E-state index contributed by atoms with van der Waals surface area (Å²) < 4.78 is 14.0. The summed E-state index contributed by atoms with van der Waals surface area (Å²) in [6, 6.07) is 54.9. The van der Waals surface area contributed by atoms with Crippen molar-refractivity contribution in [3.05, 3.63) is 158 Å². The molecule has 3 aromatic heterocycles. The molecule has 10 aromatic rings. The van der Waals surface area contributed by atoms with Crippen molar-refractivity contribution in [1.82, 2.24) is 4.98 Å². The minimum Gasteiger partial charge on any atom is -0.456 e. The van der Waals surface area contributed by atoms with Gasteiger partial charge in [0.25, 0.3) is 0 Å². The van der Waals surface area contributed by atoms with Gasteiger partial charge in [0.15, 0.2) is 0 Å². The van der Waals surface area contributed by atoms with E-state index < -0.39 is 0 Å². The Morgan fingerprint density at radius 3 is 2.00 bits per heavy atom. The Hall–Kier alpha value is -6.17. The van der Waals surface area contributed by atoms with Crippen molar-refractivity contribution in [1.29, 1.82) is 0 Å². The van der Waals surface area contributed by atoms with Crippen LogP contribution in [0.3, 0.4) is 0 Å². The Bertz CT molecular complexity index is 2790. The number of hydrogen-bond donors (Lipinski definition) is 0. The summed E-state index contributed by atoms with van der Waals surface area (Å²) in [6.45, 7) is 0. The molecule has 0 unspecified atom stereocenters. The van der Waals surface area contributed by atoms with Crippen LogP contribution in [0.15, 0.2) is 167 Å². The molecule has 0 aliphatic rings. The highest BCUT2D eigenvalue weighted by molar-refractivity contribution is 7.21. The molecule has 0 atom stereocenters. The summed E-state index contributed by atoms with van der Waals surface area (Å²) in [4.78, 5) is 7.49. The molecule has 0 fully saturated rings. The monoisotopic (exact) mass is 634 g/mol. The molecule has 0 bridgehead atoms. The average Bonchev–Trinajstić information content (AvgIpc) is 3.85. The number of hydrogen-bond acceptors (Lipinski definition) is 5. The zero-order valence-corrected chi connectivity index (χ0v) is 26.4. The third-order valence-electron chi connectivity index (χ3n) is 9.10. The number of anilines is 3. The van der Waals surface area contributed by atoms with E-state index in [4.69, 9.17) is 13.8 Å². The molecule has 7 aromatic carbocycles. The first-order chi connectivity index (χ1) is 23.8. The van der Waals surface area contributed by atoms with Crippen LogP contribution in [0, 0.1) is 0 Å². The smallest absolute Gasteiger partial charge is 0.137 e. The van der Waals surface area contributed by atoms with Crippen molar-refractivity contribution in [3.8, 4) is 21.7 Å². The van der Waals surface area contributed by atoms with Gasteiger partial charge in [0.1, 0.15) is 27.3 Å². The summed E-state index contributed by atoms with van der Waals surface area (Å²) >= 11 is 1.71. The second kappa shape index (κ2) is 10.7. The molecule has 0 saturated carbocycles. The van der Waals surface area contributed by atoms with Crippen molar-refractivity contribution < 1.29 is 8.83 Å². The SMILES string of the molecule is c1ccc(-c2nc3c(ccc4oc5ccc(N(c6ccc7c(c6)oc6ccccc67)c6ccccc6-c6ccccc6)cc5c43)s2)cc1. The first-order valence-corrected chi connectivity index (χ1v) is 16.8. The van der Waals surface area contributed by atoms with E-state index in [0.29, 0.717) is 0 Å². The van der Waals surface area contributed by atoms with Gasteiger partial charge in [0.05, 0.1) is 21.3 Å². The number of nitrogens with zero attached hydrogens (tertiary/aromatic N) is 2. The summed E-state index contributed by atoms with van der Waals surface area (Å²) in [6.07, 6.45) is 0. The van der Waals surface area contributed by atoms with Crippen molar-refractivity contribution >= 4 is 82.5 Å². The van der Waals surface area contributed by atoms with Gasteiger partial charge in [0.2, 0.25) is 0 Å². The molecule has 48 heavy (non-hydrogen) atoms. The predicted octanol–water partition coefficient (Wildman–Crippen LogP) is 12.9. The van der Waals surface area contributed by atoms with E-state index in [2.05, 4.69) is 144 Å². The number of thiazole rings is 1. The van der Waals surface area contributed by atoms with Gasteiger partial charge in [-0.15, -0.1) is 11.3 Å². The highest BCUT2D eigenvalue weighted by Crippen LogP contribution is 2.45. The minimum absolute atomic E-state index is 0.833. The standard InChI is InChI=1S/C43H26N2O2S/c1-3-11-27(12-4-1)31-15-7-9-17-35(31)45(30-19-21-33-32-16-8-10-18-36(32)47-39(33)26-30)29-20-22-37-34(25-29)41-38(46-37)23-24-40-42(41)44-43(48-40)28-13-5-2-6-14-28/h1-26H. The number of fused-ring (bicyclic) bond motifs is 8. The van der Waals surface area contributed by atoms with Gasteiger partial charge in [-0.3, -0.25) is 0 Å². The molecule has 226 valence electrons. The highest BCUT2D eigenvalue weighted by Gasteiger charge is 2.21. The number of benzene rings is 7. The van der Waals surface area contributed by atoms with Gasteiger partial charge >= 0.3 is 0 Å². The molecule has 0 spiro atoms. The lowest BCUT2D eigenvalue weighted by Crippen LogP contribution is -2.11. The number of aromatic nitrogens is 1. The van der Waals surface area contributed by atoms with Crippen LogP contribution in [0.25, 0.3) is 75.8 Å². The summed E-state index contributed by atoms with van der Waals surface area (Å²) in [5.41, 5.74) is 10.8. The minimum atomic E-state index is 0.833. The third kappa shape index (κ3) is 4.25. The van der Waals surface area contributed by atoms with Crippen LogP contribution in [-0.2, 0) is 0 Å². The molecule has 0 radical (unpaired) electrons. The number of furan rings is 2. The average molecular weight is 635 g/mol. The molecule has 4 nitrogen and oxygen atoms in total. The molecular formula is C43H26N2O2S. The lowest BCUT2D eigenvalue weighted by molar-refractivity contribution is 0.668. The maximum atomic E-state index is 6.44. The van der Waals surface area contributed by atoms with Gasteiger partial charge in [-0.05, 0) is 60.2 Å². The Balaban J connectivity index is 1.22.